The highest BCUT2D eigenvalue weighted by atomic mass is 16.2. The zero-order chi connectivity index (χ0) is 20.7. The Kier molecular flexibility index (Phi) is 4.10. The number of anilines is 2. The molecule has 3 aromatic carbocycles. The monoisotopic (exact) mass is 393 g/mol. The highest BCUT2D eigenvalue weighted by molar-refractivity contribution is 6.34. The fourth-order valence-corrected chi connectivity index (χ4v) is 3.58. The molecule has 2 heterocycles. The fraction of sp³-hybridized carbons (Fsp3) is 0. The minimum atomic E-state index is -0.365. The van der Waals surface area contributed by atoms with Crippen molar-refractivity contribution in [1.82, 2.24) is 4.98 Å². The zero-order valence-corrected chi connectivity index (χ0v) is 15.7. The molecule has 30 heavy (non-hydrogen) atoms. The number of nitrogens with one attached hydrogen (secondary N) is 1. The predicted octanol–water partition coefficient (Wildman–Crippen LogP) is 4.29. The molecule has 4 aromatic rings. The van der Waals surface area contributed by atoms with Gasteiger partial charge in [0.2, 0.25) is 0 Å². The number of pyridine rings is 1. The summed E-state index contributed by atoms with van der Waals surface area (Å²) in [4.78, 5) is 43.4. The average Bonchev–Trinajstić information content (AvgIpc) is 3.04. The first-order valence-corrected chi connectivity index (χ1v) is 9.36. The topological polar surface area (TPSA) is 79.4 Å². The Balaban J connectivity index is 1.40. The Morgan fingerprint density at radius 3 is 2.10 bits per heavy atom. The second-order valence-electron chi connectivity index (χ2n) is 6.87. The number of fused-ring (bicyclic) bond motifs is 2. The molecule has 0 saturated carbocycles. The van der Waals surface area contributed by atoms with Gasteiger partial charge in [-0.1, -0.05) is 30.3 Å². The van der Waals surface area contributed by atoms with Crippen molar-refractivity contribution in [1.29, 1.82) is 0 Å². The summed E-state index contributed by atoms with van der Waals surface area (Å²) in [7, 11) is 0. The van der Waals surface area contributed by atoms with E-state index in [1.807, 2.05) is 24.3 Å². The van der Waals surface area contributed by atoms with Gasteiger partial charge in [-0.3, -0.25) is 19.4 Å². The lowest BCUT2D eigenvalue weighted by molar-refractivity contribution is 0.0925. The van der Waals surface area contributed by atoms with Gasteiger partial charge in [0.05, 0.1) is 28.0 Å². The van der Waals surface area contributed by atoms with E-state index >= 15 is 0 Å². The van der Waals surface area contributed by atoms with Crippen LogP contribution < -0.4 is 10.2 Å². The fourth-order valence-electron chi connectivity index (χ4n) is 3.58. The number of carbonyl (C=O) groups is 3. The van der Waals surface area contributed by atoms with Crippen molar-refractivity contribution in [3.05, 3.63) is 102 Å². The molecule has 0 saturated heterocycles. The van der Waals surface area contributed by atoms with Crippen molar-refractivity contribution < 1.29 is 14.4 Å². The van der Waals surface area contributed by atoms with E-state index in [2.05, 4.69) is 10.3 Å². The average molecular weight is 393 g/mol. The summed E-state index contributed by atoms with van der Waals surface area (Å²) in [5.74, 6) is -1.02. The van der Waals surface area contributed by atoms with Crippen LogP contribution in [-0.4, -0.2) is 22.7 Å². The van der Waals surface area contributed by atoms with Crippen molar-refractivity contribution >= 4 is 40.0 Å². The van der Waals surface area contributed by atoms with Gasteiger partial charge in [-0.25, -0.2) is 4.90 Å². The van der Waals surface area contributed by atoms with E-state index in [4.69, 9.17) is 0 Å². The minimum Gasteiger partial charge on any atom is -0.321 e. The molecular formula is C24H15N3O3. The molecule has 3 amide bonds. The summed E-state index contributed by atoms with van der Waals surface area (Å²) < 4.78 is 0. The van der Waals surface area contributed by atoms with E-state index in [9.17, 15) is 14.4 Å². The molecular weight excluding hydrogens is 378 g/mol. The van der Waals surface area contributed by atoms with Gasteiger partial charge in [-0.05, 0) is 48.5 Å². The van der Waals surface area contributed by atoms with Crippen LogP contribution in [0.25, 0.3) is 10.9 Å². The predicted molar refractivity (Wildman–Crippen MR) is 114 cm³/mol. The maximum absolute atomic E-state index is 12.7. The van der Waals surface area contributed by atoms with Gasteiger partial charge in [-0.2, -0.15) is 0 Å². The van der Waals surface area contributed by atoms with Crippen molar-refractivity contribution in [2.75, 3.05) is 10.2 Å². The Morgan fingerprint density at radius 2 is 1.40 bits per heavy atom. The number of imide groups is 1. The lowest BCUT2D eigenvalue weighted by Gasteiger charge is -2.14. The molecule has 0 atom stereocenters. The summed E-state index contributed by atoms with van der Waals surface area (Å²) >= 11 is 0. The molecule has 144 valence electrons. The molecule has 1 aliphatic rings. The van der Waals surface area contributed by atoms with Gasteiger partial charge < -0.3 is 5.32 Å². The summed E-state index contributed by atoms with van der Waals surface area (Å²) in [6.45, 7) is 0. The second kappa shape index (κ2) is 6.93. The number of nitrogens with zero attached hydrogens (tertiary/aromatic N) is 2. The summed E-state index contributed by atoms with van der Waals surface area (Å²) in [6, 6.07) is 22.4. The van der Waals surface area contributed by atoms with Crippen LogP contribution in [0.3, 0.4) is 0 Å². The van der Waals surface area contributed by atoms with Crippen LogP contribution in [0.2, 0.25) is 0 Å². The third kappa shape index (κ3) is 2.82. The van der Waals surface area contributed by atoms with Gasteiger partial charge in [0.15, 0.2) is 0 Å². The van der Waals surface area contributed by atoms with Gasteiger partial charge in [0.1, 0.15) is 0 Å². The molecule has 0 fully saturated rings. The van der Waals surface area contributed by atoms with E-state index in [1.54, 1.807) is 60.8 Å². The maximum Gasteiger partial charge on any atom is 0.266 e. The van der Waals surface area contributed by atoms with E-state index in [0.29, 0.717) is 28.1 Å². The highest BCUT2D eigenvalue weighted by Gasteiger charge is 2.36. The number of para-hydroxylation sites is 1. The van der Waals surface area contributed by atoms with Gasteiger partial charge in [0, 0.05) is 17.1 Å². The van der Waals surface area contributed by atoms with Crippen LogP contribution >= 0.6 is 0 Å². The van der Waals surface area contributed by atoms with E-state index < -0.39 is 0 Å². The first kappa shape index (κ1) is 17.8. The normalized spacial score (nSPS) is 12.9. The SMILES string of the molecule is O=C(Nc1ccnc2ccccc12)c1ccc(N2C(=O)c3ccccc3C2=O)cc1. The first-order chi connectivity index (χ1) is 14.6. The van der Waals surface area contributed by atoms with Crippen LogP contribution in [0.1, 0.15) is 31.1 Å². The van der Waals surface area contributed by atoms with E-state index in [-0.39, 0.29) is 17.7 Å². The number of amides is 3. The van der Waals surface area contributed by atoms with Crippen molar-refractivity contribution in [2.24, 2.45) is 0 Å². The molecule has 1 N–H and O–H groups in total. The van der Waals surface area contributed by atoms with Crippen molar-refractivity contribution in [3.63, 3.8) is 0 Å². The number of carbonyl (C=O) groups excluding carboxylic acids is 3. The van der Waals surface area contributed by atoms with Crippen molar-refractivity contribution in [2.45, 2.75) is 0 Å². The molecule has 0 spiro atoms. The number of hydrogen-bond acceptors (Lipinski definition) is 4. The Bertz CT molecular complexity index is 1290. The number of rotatable bonds is 3. The summed E-state index contributed by atoms with van der Waals surface area (Å²) in [5.41, 5.74) is 3.05. The minimum absolute atomic E-state index is 0.291. The second-order valence-corrected chi connectivity index (χ2v) is 6.87. The summed E-state index contributed by atoms with van der Waals surface area (Å²) in [5, 5.41) is 3.74. The van der Waals surface area contributed by atoms with Gasteiger partial charge >= 0.3 is 0 Å². The Labute approximate surface area is 171 Å². The molecule has 0 bridgehead atoms. The van der Waals surface area contributed by atoms with Crippen molar-refractivity contribution in [3.8, 4) is 0 Å². The first-order valence-electron chi connectivity index (χ1n) is 9.36. The Hall–Kier alpha value is -4.32. The molecule has 1 aliphatic heterocycles. The molecule has 0 unspecified atom stereocenters. The third-order valence-electron chi connectivity index (χ3n) is 5.08. The molecule has 6 nitrogen and oxygen atoms in total. The number of benzene rings is 3. The van der Waals surface area contributed by atoms with Crippen LogP contribution in [0.4, 0.5) is 11.4 Å². The van der Waals surface area contributed by atoms with Crippen LogP contribution in [0, 0.1) is 0 Å². The molecule has 0 radical (unpaired) electrons. The van der Waals surface area contributed by atoms with Gasteiger partial charge in [-0.15, -0.1) is 0 Å². The molecule has 5 rings (SSSR count). The van der Waals surface area contributed by atoms with E-state index in [0.717, 1.165) is 15.8 Å². The zero-order valence-electron chi connectivity index (χ0n) is 15.7. The largest absolute Gasteiger partial charge is 0.321 e. The van der Waals surface area contributed by atoms with Crippen LogP contribution in [0.15, 0.2) is 85.1 Å². The van der Waals surface area contributed by atoms with Gasteiger partial charge in [0.25, 0.3) is 17.7 Å². The lowest BCUT2D eigenvalue weighted by atomic mass is 10.1. The quantitative estimate of drug-likeness (QED) is 0.527. The summed E-state index contributed by atoms with van der Waals surface area (Å²) in [6.07, 6.45) is 1.64. The standard InChI is InChI=1S/C24H15N3O3/c28-22(26-21-13-14-25-20-8-4-3-7-19(20)21)15-9-11-16(12-10-15)27-23(29)17-5-1-2-6-18(17)24(27)30/h1-14H,(H,25,26,28). The lowest BCUT2D eigenvalue weighted by Crippen LogP contribution is -2.29. The number of hydrogen-bond donors (Lipinski definition) is 1. The van der Waals surface area contributed by atoms with Crippen LogP contribution in [-0.2, 0) is 0 Å². The molecule has 0 aliphatic carbocycles. The smallest absolute Gasteiger partial charge is 0.266 e. The Morgan fingerprint density at radius 1 is 0.767 bits per heavy atom. The molecule has 6 heteroatoms. The van der Waals surface area contributed by atoms with E-state index in [1.165, 1.54) is 0 Å². The van der Waals surface area contributed by atoms with Crippen LogP contribution in [0.5, 0.6) is 0 Å². The third-order valence-corrected chi connectivity index (χ3v) is 5.08. The number of aromatic nitrogens is 1. The highest BCUT2D eigenvalue weighted by Crippen LogP contribution is 2.28. The molecule has 1 aromatic heterocycles. The maximum atomic E-state index is 12.7.